The van der Waals surface area contributed by atoms with Crippen LogP contribution in [0, 0.1) is 5.92 Å². The second kappa shape index (κ2) is 5.50. The first-order valence-corrected chi connectivity index (χ1v) is 5.96. The summed E-state index contributed by atoms with van der Waals surface area (Å²) >= 11 is 0. The number of rotatable bonds is 6. The molecule has 0 saturated heterocycles. The van der Waals surface area contributed by atoms with Crippen molar-refractivity contribution in [2.45, 2.75) is 13.8 Å². The summed E-state index contributed by atoms with van der Waals surface area (Å²) in [6.45, 7) is 6.29. The van der Waals surface area contributed by atoms with E-state index in [0.29, 0.717) is 19.0 Å². The molecule has 0 aromatic carbocycles. The molecule has 0 amide bonds. The maximum Gasteiger partial charge on any atom is 0.208 e. The minimum Gasteiger partial charge on any atom is -0.315 e. The van der Waals surface area contributed by atoms with Crippen LogP contribution < -0.4 is 10.0 Å². The van der Waals surface area contributed by atoms with Gasteiger partial charge in [-0.1, -0.05) is 13.8 Å². The number of hydrogen-bond donors (Lipinski definition) is 2. The summed E-state index contributed by atoms with van der Waals surface area (Å²) in [5, 5.41) is 3.13. The molecule has 74 valence electrons. The van der Waals surface area contributed by atoms with Crippen molar-refractivity contribution in [1.82, 2.24) is 10.0 Å². The maximum absolute atomic E-state index is 10.6. The van der Waals surface area contributed by atoms with Gasteiger partial charge >= 0.3 is 0 Å². The third-order valence-electron chi connectivity index (χ3n) is 1.22. The Morgan fingerprint density at radius 3 is 2.25 bits per heavy atom. The monoisotopic (exact) mass is 194 g/mol. The van der Waals surface area contributed by atoms with Gasteiger partial charge in [0, 0.05) is 13.1 Å². The van der Waals surface area contributed by atoms with E-state index in [9.17, 15) is 8.42 Å². The lowest BCUT2D eigenvalue weighted by Crippen LogP contribution is -2.32. The third kappa shape index (κ3) is 9.87. The van der Waals surface area contributed by atoms with E-state index < -0.39 is 10.0 Å². The molecule has 0 aliphatic carbocycles. The van der Waals surface area contributed by atoms with E-state index in [1.54, 1.807) is 0 Å². The Bertz CT molecular complexity index is 199. The van der Waals surface area contributed by atoms with Crippen molar-refractivity contribution in [2.75, 3.05) is 25.9 Å². The van der Waals surface area contributed by atoms with Gasteiger partial charge in [0.1, 0.15) is 0 Å². The molecule has 5 heteroatoms. The Labute approximate surface area is 74.8 Å². The molecule has 0 aromatic rings. The summed E-state index contributed by atoms with van der Waals surface area (Å²) in [6, 6.07) is 0. The van der Waals surface area contributed by atoms with Crippen molar-refractivity contribution < 1.29 is 8.42 Å². The Hall–Kier alpha value is -0.130. The molecule has 0 radical (unpaired) electrons. The highest BCUT2D eigenvalue weighted by Gasteiger charge is 1.98. The highest BCUT2D eigenvalue weighted by atomic mass is 32.2. The van der Waals surface area contributed by atoms with Gasteiger partial charge in [-0.25, -0.2) is 13.1 Å². The summed E-state index contributed by atoms with van der Waals surface area (Å²) in [5.41, 5.74) is 0. The predicted molar refractivity (Wildman–Crippen MR) is 50.6 cm³/mol. The molecule has 12 heavy (non-hydrogen) atoms. The van der Waals surface area contributed by atoms with Gasteiger partial charge in [0.25, 0.3) is 0 Å². The Morgan fingerprint density at radius 2 is 1.83 bits per heavy atom. The summed E-state index contributed by atoms with van der Waals surface area (Å²) in [5.74, 6) is 0.600. The molecule has 2 N–H and O–H groups in total. The fourth-order valence-corrected chi connectivity index (χ4v) is 1.19. The van der Waals surface area contributed by atoms with Gasteiger partial charge in [0.15, 0.2) is 0 Å². The van der Waals surface area contributed by atoms with Crippen LogP contribution in [0.5, 0.6) is 0 Å². The van der Waals surface area contributed by atoms with Gasteiger partial charge in [0.2, 0.25) is 10.0 Å². The van der Waals surface area contributed by atoms with Crippen molar-refractivity contribution in [2.24, 2.45) is 5.92 Å². The smallest absolute Gasteiger partial charge is 0.208 e. The quantitative estimate of drug-likeness (QED) is 0.575. The van der Waals surface area contributed by atoms with Crippen LogP contribution in [-0.2, 0) is 10.0 Å². The first-order valence-electron chi connectivity index (χ1n) is 4.07. The molecule has 0 aromatic heterocycles. The van der Waals surface area contributed by atoms with Crippen LogP contribution >= 0.6 is 0 Å². The zero-order valence-electron chi connectivity index (χ0n) is 7.92. The summed E-state index contributed by atoms with van der Waals surface area (Å²) in [7, 11) is -3.01. The van der Waals surface area contributed by atoms with E-state index in [-0.39, 0.29) is 0 Å². The van der Waals surface area contributed by atoms with Crippen LogP contribution in [0.2, 0.25) is 0 Å². The van der Waals surface area contributed by atoms with E-state index >= 15 is 0 Å². The van der Waals surface area contributed by atoms with Crippen LogP contribution in [0.3, 0.4) is 0 Å². The zero-order valence-corrected chi connectivity index (χ0v) is 8.74. The average molecular weight is 194 g/mol. The van der Waals surface area contributed by atoms with Crippen LogP contribution in [0.25, 0.3) is 0 Å². The van der Waals surface area contributed by atoms with Crippen LogP contribution in [0.15, 0.2) is 0 Å². The maximum atomic E-state index is 10.6. The van der Waals surface area contributed by atoms with E-state index in [1.165, 1.54) is 0 Å². The normalized spacial score (nSPS) is 12.3. The molecular weight excluding hydrogens is 176 g/mol. The van der Waals surface area contributed by atoms with Crippen molar-refractivity contribution in [3.05, 3.63) is 0 Å². The fraction of sp³-hybridized carbons (Fsp3) is 1.00. The van der Waals surface area contributed by atoms with Crippen LogP contribution in [0.4, 0.5) is 0 Å². The fourth-order valence-electron chi connectivity index (χ4n) is 0.716. The van der Waals surface area contributed by atoms with Crippen molar-refractivity contribution in [3.8, 4) is 0 Å². The first kappa shape index (κ1) is 11.9. The Balaban J connectivity index is 3.23. The standard InChI is InChI=1S/C7H18N2O2S/c1-7(2)6-8-4-5-9-12(3,10)11/h7-9H,4-6H2,1-3H3. The molecular formula is C7H18N2O2S. The topological polar surface area (TPSA) is 58.2 Å². The van der Waals surface area contributed by atoms with E-state index in [2.05, 4.69) is 23.9 Å². The molecule has 0 fully saturated rings. The highest BCUT2D eigenvalue weighted by Crippen LogP contribution is 1.85. The number of hydrogen-bond acceptors (Lipinski definition) is 3. The first-order chi connectivity index (χ1) is 5.42. The lowest BCUT2D eigenvalue weighted by atomic mass is 10.2. The summed E-state index contributed by atoms with van der Waals surface area (Å²) in [4.78, 5) is 0. The average Bonchev–Trinajstić information content (AvgIpc) is 1.83. The minimum absolute atomic E-state index is 0.464. The van der Waals surface area contributed by atoms with Gasteiger partial charge in [-0.15, -0.1) is 0 Å². The second-order valence-corrected chi connectivity index (χ2v) is 5.10. The molecule has 0 bridgehead atoms. The summed E-state index contributed by atoms with van der Waals surface area (Å²) < 4.78 is 23.6. The van der Waals surface area contributed by atoms with Crippen LogP contribution in [-0.4, -0.2) is 34.3 Å². The third-order valence-corrected chi connectivity index (χ3v) is 1.95. The van der Waals surface area contributed by atoms with Crippen molar-refractivity contribution >= 4 is 10.0 Å². The Kier molecular flexibility index (Phi) is 5.44. The van der Waals surface area contributed by atoms with Gasteiger partial charge in [-0.05, 0) is 12.5 Å². The van der Waals surface area contributed by atoms with E-state index in [1.807, 2.05) is 0 Å². The van der Waals surface area contributed by atoms with Crippen LogP contribution in [0.1, 0.15) is 13.8 Å². The molecule has 0 saturated carbocycles. The molecule has 0 unspecified atom stereocenters. The van der Waals surface area contributed by atoms with Crippen molar-refractivity contribution in [3.63, 3.8) is 0 Å². The Morgan fingerprint density at radius 1 is 1.25 bits per heavy atom. The molecule has 0 aliphatic heterocycles. The van der Waals surface area contributed by atoms with Gasteiger partial charge in [-0.2, -0.15) is 0 Å². The van der Waals surface area contributed by atoms with Gasteiger partial charge < -0.3 is 5.32 Å². The molecule has 0 atom stereocenters. The molecule has 0 aliphatic rings. The van der Waals surface area contributed by atoms with E-state index in [0.717, 1.165) is 12.8 Å². The molecule has 4 nitrogen and oxygen atoms in total. The molecule has 0 spiro atoms. The van der Waals surface area contributed by atoms with E-state index in [4.69, 9.17) is 0 Å². The number of nitrogens with one attached hydrogen (secondary N) is 2. The largest absolute Gasteiger partial charge is 0.315 e. The highest BCUT2D eigenvalue weighted by molar-refractivity contribution is 7.88. The minimum atomic E-state index is -3.01. The lowest BCUT2D eigenvalue weighted by Gasteiger charge is -2.06. The van der Waals surface area contributed by atoms with Gasteiger partial charge in [-0.3, -0.25) is 0 Å². The zero-order chi connectivity index (χ0) is 9.61. The molecule has 0 heterocycles. The SMILES string of the molecule is CC(C)CNCCNS(C)(=O)=O. The molecule has 0 rings (SSSR count). The lowest BCUT2D eigenvalue weighted by molar-refractivity contribution is 0.545. The predicted octanol–water partition coefficient (Wildman–Crippen LogP) is -0.219. The van der Waals surface area contributed by atoms with Gasteiger partial charge in [0.05, 0.1) is 6.26 Å². The van der Waals surface area contributed by atoms with Crippen molar-refractivity contribution in [1.29, 1.82) is 0 Å². The second-order valence-electron chi connectivity index (χ2n) is 3.26. The summed E-state index contributed by atoms with van der Waals surface area (Å²) in [6.07, 6.45) is 1.16. The number of sulfonamides is 1.